The first-order valence-corrected chi connectivity index (χ1v) is 14.9. The van der Waals surface area contributed by atoms with Gasteiger partial charge >= 0.3 is 0 Å². The number of aromatic amines is 1. The molecule has 5 saturated carbocycles. The average Bonchev–Trinajstić information content (AvgIpc) is 3.15. The number of carbonyl (C=O) groups is 2. The van der Waals surface area contributed by atoms with Crippen molar-refractivity contribution in [1.29, 1.82) is 0 Å². The van der Waals surface area contributed by atoms with E-state index in [0.717, 1.165) is 70.9 Å². The largest absolute Gasteiger partial charge is 0.355 e. The van der Waals surface area contributed by atoms with Gasteiger partial charge in [0.15, 0.2) is 0 Å². The highest BCUT2D eigenvalue weighted by Crippen LogP contribution is 2.53. The van der Waals surface area contributed by atoms with Gasteiger partial charge in [-0.25, -0.2) is 0 Å². The van der Waals surface area contributed by atoms with E-state index >= 15 is 0 Å². The quantitative estimate of drug-likeness (QED) is 0.316. The van der Waals surface area contributed by atoms with E-state index in [4.69, 9.17) is 0 Å². The van der Waals surface area contributed by atoms with Gasteiger partial charge in [-0.2, -0.15) is 0 Å². The molecule has 5 aliphatic rings. The van der Waals surface area contributed by atoms with E-state index in [-0.39, 0.29) is 17.7 Å². The lowest BCUT2D eigenvalue weighted by Crippen LogP contribution is -2.55. The van der Waals surface area contributed by atoms with Gasteiger partial charge in [0.25, 0.3) is 5.91 Å². The molecule has 5 nitrogen and oxygen atoms in total. The summed E-state index contributed by atoms with van der Waals surface area (Å²) in [5.41, 5.74) is 4.70. The van der Waals surface area contributed by atoms with Crippen molar-refractivity contribution in [3.63, 3.8) is 0 Å². The third-order valence-corrected chi connectivity index (χ3v) is 10.1. The molecule has 3 aromatic rings. The molecule has 5 aliphatic carbocycles. The summed E-state index contributed by atoms with van der Waals surface area (Å²) in [6.07, 6.45) is 13.5. The Morgan fingerprint density at radius 1 is 0.763 bits per heavy atom. The number of fused-ring (bicyclic) bond motifs is 1. The molecule has 0 unspecified atom stereocenters. The maximum absolute atomic E-state index is 13.3. The number of benzene rings is 2. The number of anilines is 1. The lowest BCUT2D eigenvalue weighted by atomic mass is 9.54. The van der Waals surface area contributed by atoms with Crippen molar-refractivity contribution in [2.24, 2.45) is 29.6 Å². The van der Waals surface area contributed by atoms with E-state index in [9.17, 15) is 9.59 Å². The highest BCUT2D eigenvalue weighted by atomic mass is 16.2. The van der Waals surface area contributed by atoms with Crippen LogP contribution in [0.2, 0.25) is 0 Å². The first-order chi connectivity index (χ1) is 18.6. The summed E-state index contributed by atoms with van der Waals surface area (Å²) in [6.45, 7) is 0. The standard InChI is InChI=1S/C33H39N3O2/c37-32(23-5-3-1-2-4-6-23)34-28-10-7-22(8-11-28)30-19-25-18-24(9-12-29(25)35-30)33(38)36-31-26-14-20-13-21(16-26)17-27(31)15-20/h7-12,18-21,23,26-27,31,35H,1-6,13-17H2,(H,34,37)(H,36,38). The number of nitrogens with one attached hydrogen (secondary N) is 3. The van der Waals surface area contributed by atoms with Crippen molar-refractivity contribution in [2.45, 2.75) is 76.7 Å². The zero-order chi connectivity index (χ0) is 25.6. The molecule has 0 aliphatic heterocycles. The van der Waals surface area contributed by atoms with Gasteiger partial charge in [0.1, 0.15) is 0 Å². The zero-order valence-corrected chi connectivity index (χ0v) is 22.2. The van der Waals surface area contributed by atoms with Crippen molar-refractivity contribution in [1.82, 2.24) is 10.3 Å². The van der Waals surface area contributed by atoms with Crippen LogP contribution in [0.4, 0.5) is 5.69 Å². The third-order valence-electron chi connectivity index (χ3n) is 10.1. The molecule has 0 radical (unpaired) electrons. The molecule has 0 spiro atoms. The van der Waals surface area contributed by atoms with E-state index in [0.29, 0.717) is 17.9 Å². The minimum Gasteiger partial charge on any atom is -0.355 e. The number of hydrogen-bond donors (Lipinski definition) is 3. The molecule has 0 atom stereocenters. The molecule has 0 saturated heterocycles. The Bertz CT molecular complexity index is 1300. The molecule has 2 amide bonds. The highest BCUT2D eigenvalue weighted by Gasteiger charge is 2.48. The predicted molar refractivity (Wildman–Crippen MR) is 152 cm³/mol. The fraction of sp³-hybridized carbons (Fsp3) is 0.515. The van der Waals surface area contributed by atoms with Gasteiger partial charge in [0.05, 0.1) is 0 Å². The first kappa shape index (κ1) is 24.0. The monoisotopic (exact) mass is 509 g/mol. The summed E-state index contributed by atoms with van der Waals surface area (Å²) in [5, 5.41) is 7.62. The molecule has 198 valence electrons. The molecule has 1 heterocycles. The topological polar surface area (TPSA) is 74.0 Å². The molecule has 1 aromatic heterocycles. The minimum atomic E-state index is 0.0703. The maximum Gasteiger partial charge on any atom is 0.251 e. The van der Waals surface area contributed by atoms with Gasteiger partial charge in [0, 0.05) is 39.8 Å². The number of hydrogen-bond acceptors (Lipinski definition) is 2. The van der Waals surface area contributed by atoms with Gasteiger partial charge in [-0.1, -0.05) is 37.8 Å². The zero-order valence-electron chi connectivity index (χ0n) is 22.2. The first-order valence-electron chi connectivity index (χ1n) is 14.9. The molecular formula is C33H39N3O2. The van der Waals surface area contributed by atoms with Crippen molar-refractivity contribution in [2.75, 3.05) is 5.32 Å². The number of amides is 2. The SMILES string of the molecule is O=C(NC1C2CC3CC(C2)CC1C3)c1ccc2[nH]c(-c3ccc(NC(=O)C4CCCCCC4)cc3)cc2c1. The van der Waals surface area contributed by atoms with Crippen LogP contribution in [0.5, 0.6) is 0 Å². The molecule has 5 fully saturated rings. The van der Waals surface area contributed by atoms with E-state index in [1.807, 2.05) is 42.5 Å². The fourth-order valence-electron chi connectivity index (χ4n) is 8.34. The Balaban J connectivity index is 1.02. The van der Waals surface area contributed by atoms with Crippen LogP contribution in [-0.2, 0) is 4.79 Å². The average molecular weight is 510 g/mol. The Labute approximate surface area is 225 Å². The molecule has 3 N–H and O–H groups in total. The number of rotatable bonds is 5. The van der Waals surface area contributed by atoms with Crippen LogP contribution in [0.3, 0.4) is 0 Å². The van der Waals surface area contributed by atoms with E-state index in [1.165, 1.54) is 44.9 Å². The second-order valence-electron chi connectivity index (χ2n) is 12.7. The number of aromatic nitrogens is 1. The fourth-order valence-corrected chi connectivity index (χ4v) is 8.34. The van der Waals surface area contributed by atoms with Gasteiger partial charge in [-0.15, -0.1) is 0 Å². The van der Waals surface area contributed by atoms with Crippen molar-refractivity contribution in [3.8, 4) is 11.3 Å². The maximum atomic E-state index is 13.3. The van der Waals surface area contributed by atoms with Crippen LogP contribution in [0, 0.1) is 29.6 Å². The van der Waals surface area contributed by atoms with Crippen LogP contribution in [0.25, 0.3) is 22.2 Å². The number of H-pyrrole nitrogens is 1. The van der Waals surface area contributed by atoms with Crippen LogP contribution in [-0.4, -0.2) is 22.8 Å². The normalized spacial score (nSPS) is 28.8. The molecule has 2 aromatic carbocycles. The summed E-state index contributed by atoms with van der Waals surface area (Å²) >= 11 is 0. The molecule has 38 heavy (non-hydrogen) atoms. The lowest BCUT2D eigenvalue weighted by Gasteiger charge is -2.54. The Kier molecular flexibility index (Phi) is 6.25. The van der Waals surface area contributed by atoms with E-state index in [1.54, 1.807) is 0 Å². The summed E-state index contributed by atoms with van der Waals surface area (Å²) < 4.78 is 0. The second kappa shape index (κ2) is 9.91. The predicted octanol–water partition coefficient (Wildman–Crippen LogP) is 7.30. The second-order valence-corrected chi connectivity index (χ2v) is 12.7. The van der Waals surface area contributed by atoms with Gasteiger partial charge in [-0.05, 0) is 111 Å². The van der Waals surface area contributed by atoms with E-state index < -0.39 is 0 Å². The van der Waals surface area contributed by atoms with Crippen molar-refractivity contribution in [3.05, 3.63) is 54.1 Å². The van der Waals surface area contributed by atoms with Crippen LogP contribution >= 0.6 is 0 Å². The Hall–Kier alpha value is -3.08. The van der Waals surface area contributed by atoms with Gasteiger partial charge in [0.2, 0.25) is 5.91 Å². The van der Waals surface area contributed by atoms with Gasteiger partial charge in [-0.3, -0.25) is 9.59 Å². The lowest BCUT2D eigenvalue weighted by molar-refractivity contribution is -0.120. The van der Waals surface area contributed by atoms with E-state index in [2.05, 4.69) is 21.7 Å². The molecule has 8 rings (SSSR count). The summed E-state index contributed by atoms with van der Waals surface area (Å²) in [6, 6.07) is 16.5. The Morgan fingerprint density at radius 3 is 2.13 bits per heavy atom. The van der Waals surface area contributed by atoms with Crippen molar-refractivity contribution >= 4 is 28.4 Å². The van der Waals surface area contributed by atoms with Gasteiger partial charge < -0.3 is 15.6 Å². The van der Waals surface area contributed by atoms with Crippen LogP contribution in [0.1, 0.15) is 81.0 Å². The van der Waals surface area contributed by atoms with Crippen LogP contribution < -0.4 is 10.6 Å². The van der Waals surface area contributed by atoms with Crippen molar-refractivity contribution < 1.29 is 9.59 Å². The highest BCUT2D eigenvalue weighted by molar-refractivity contribution is 5.99. The third kappa shape index (κ3) is 4.65. The minimum absolute atomic E-state index is 0.0703. The number of carbonyl (C=O) groups excluding carboxylic acids is 2. The smallest absolute Gasteiger partial charge is 0.251 e. The molecular weight excluding hydrogens is 470 g/mol. The molecule has 5 heteroatoms. The summed E-state index contributed by atoms with van der Waals surface area (Å²) in [7, 11) is 0. The van der Waals surface area contributed by atoms with Crippen LogP contribution in [0.15, 0.2) is 48.5 Å². The summed E-state index contributed by atoms with van der Waals surface area (Å²) in [5.74, 6) is 3.54. The molecule has 4 bridgehead atoms. The summed E-state index contributed by atoms with van der Waals surface area (Å²) in [4.78, 5) is 29.5. The Morgan fingerprint density at radius 2 is 1.45 bits per heavy atom.